The number of benzene rings is 1. The minimum Gasteiger partial charge on any atom is -0.486 e. The first-order valence-corrected chi connectivity index (χ1v) is 8.09. The summed E-state index contributed by atoms with van der Waals surface area (Å²) >= 11 is 0. The molecule has 21 heavy (non-hydrogen) atoms. The molecule has 4 nitrogen and oxygen atoms in total. The predicted octanol–water partition coefficient (Wildman–Crippen LogP) is 2.93. The molecule has 0 radical (unpaired) electrons. The first kappa shape index (κ1) is 14.7. The summed E-state index contributed by atoms with van der Waals surface area (Å²) in [6.45, 7) is 6.24. The van der Waals surface area contributed by atoms with E-state index >= 15 is 0 Å². The summed E-state index contributed by atoms with van der Waals surface area (Å²) in [5.74, 6) is 2.27. The van der Waals surface area contributed by atoms with Crippen LogP contribution in [0.4, 0.5) is 0 Å². The predicted molar refractivity (Wildman–Crippen MR) is 82.0 cm³/mol. The number of fused-ring (bicyclic) bond motifs is 1. The Hall–Kier alpha value is -1.26. The van der Waals surface area contributed by atoms with Gasteiger partial charge in [0.05, 0.1) is 6.61 Å². The van der Waals surface area contributed by atoms with Crippen molar-refractivity contribution in [2.24, 2.45) is 5.92 Å². The molecule has 4 heteroatoms. The molecule has 116 valence electrons. The van der Waals surface area contributed by atoms with E-state index in [4.69, 9.17) is 14.2 Å². The summed E-state index contributed by atoms with van der Waals surface area (Å²) in [6, 6.07) is 6.67. The zero-order valence-corrected chi connectivity index (χ0v) is 12.8. The molecule has 2 aliphatic rings. The van der Waals surface area contributed by atoms with Crippen molar-refractivity contribution in [2.45, 2.75) is 32.2 Å². The van der Waals surface area contributed by atoms with Crippen LogP contribution >= 0.6 is 0 Å². The lowest BCUT2D eigenvalue weighted by molar-refractivity contribution is 0.0389. The van der Waals surface area contributed by atoms with Gasteiger partial charge in [-0.1, -0.05) is 13.0 Å². The molecule has 1 fully saturated rings. The van der Waals surface area contributed by atoms with E-state index < -0.39 is 0 Å². The largest absolute Gasteiger partial charge is 0.486 e. The molecule has 3 rings (SSSR count). The second kappa shape index (κ2) is 7.14. The quantitative estimate of drug-likeness (QED) is 0.905. The molecule has 0 aromatic heterocycles. The normalized spacial score (nSPS) is 22.8. The third-order valence-electron chi connectivity index (χ3n) is 4.21. The van der Waals surface area contributed by atoms with Gasteiger partial charge in [0, 0.05) is 18.6 Å². The van der Waals surface area contributed by atoms with E-state index in [1.807, 2.05) is 6.07 Å². The Balaban J connectivity index is 1.80. The average molecular weight is 291 g/mol. The smallest absolute Gasteiger partial charge is 0.161 e. The summed E-state index contributed by atoms with van der Waals surface area (Å²) in [7, 11) is 0. The Morgan fingerprint density at radius 3 is 2.81 bits per heavy atom. The van der Waals surface area contributed by atoms with E-state index in [1.165, 1.54) is 12.0 Å². The van der Waals surface area contributed by atoms with Gasteiger partial charge in [0.25, 0.3) is 0 Å². The molecule has 1 aromatic rings. The van der Waals surface area contributed by atoms with Crippen molar-refractivity contribution < 1.29 is 14.2 Å². The molecule has 1 N–H and O–H groups in total. The Bertz CT molecular complexity index is 457. The molecule has 0 aliphatic carbocycles. The van der Waals surface area contributed by atoms with Gasteiger partial charge in [0.2, 0.25) is 0 Å². The van der Waals surface area contributed by atoms with Crippen LogP contribution in [-0.2, 0) is 4.74 Å². The number of ether oxygens (including phenoxy) is 3. The van der Waals surface area contributed by atoms with Crippen molar-refractivity contribution in [2.75, 3.05) is 33.0 Å². The minimum absolute atomic E-state index is 0.334. The standard InChI is InChI=1S/C17H25NO3/c1-2-7-18-17(14-4-3-8-19-12-14)13-5-6-15-16(11-13)21-10-9-20-15/h5-6,11,14,17-18H,2-4,7-10,12H2,1H3. The van der Waals surface area contributed by atoms with Crippen LogP contribution in [0.1, 0.15) is 37.8 Å². The SMILES string of the molecule is CCCNC(c1ccc2c(c1)OCCO2)C1CCCOC1. The highest BCUT2D eigenvalue weighted by Crippen LogP contribution is 2.36. The van der Waals surface area contributed by atoms with Gasteiger partial charge in [-0.25, -0.2) is 0 Å². The van der Waals surface area contributed by atoms with Crippen molar-refractivity contribution in [3.8, 4) is 11.5 Å². The topological polar surface area (TPSA) is 39.7 Å². The molecule has 2 unspecified atom stereocenters. The third kappa shape index (κ3) is 3.50. The van der Waals surface area contributed by atoms with Crippen molar-refractivity contribution >= 4 is 0 Å². The van der Waals surface area contributed by atoms with E-state index in [0.29, 0.717) is 25.2 Å². The fourth-order valence-corrected chi connectivity index (χ4v) is 3.14. The summed E-state index contributed by atoms with van der Waals surface area (Å²) in [6.07, 6.45) is 3.50. The van der Waals surface area contributed by atoms with Gasteiger partial charge in [-0.2, -0.15) is 0 Å². The van der Waals surface area contributed by atoms with Gasteiger partial charge in [-0.3, -0.25) is 0 Å². The van der Waals surface area contributed by atoms with Crippen LogP contribution in [0.15, 0.2) is 18.2 Å². The summed E-state index contributed by atoms with van der Waals surface area (Å²) in [5.41, 5.74) is 1.28. The monoisotopic (exact) mass is 291 g/mol. The Kier molecular flexibility index (Phi) is 4.99. The second-order valence-electron chi connectivity index (χ2n) is 5.81. The lowest BCUT2D eigenvalue weighted by atomic mass is 9.88. The van der Waals surface area contributed by atoms with Crippen LogP contribution in [-0.4, -0.2) is 33.0 Å². The number of nitrogens with one attached hydrogen (secondary N) is 1. The summed E-state index contributed by atoms with van der Waals surface area (Å²) in [4.78, 5) is 0. The first-order chi connectivity index (χ1) is 10.4. The molecule has 2 atom stereocenters. The van der Waals surface area contributed by atoms with Crippen LogP contribution in [0.3, 0.4) is 0 Å². The fourth-order valence-electron chi connectivity index (χ4n) is 3.14. The van der Waals surface area contributed by atoms with Crippen LogP contribution in [0.5, 0.6) is 11.5 Å². The highest BCUT2D eigenvalue weighted by atomic mass is 16.6. The van der Waals surface area contributed by atoms with Crippen LogP contribution in [0, 0.1) is 5.92 Å². The lowest BCUT2D eigenvalue weighted by Crippen LogP contribution is -2.34. The fraction of sp³-hybridized carbons (Fsp3) is 0.647. The van der Waals surface area contributed by atoms with Crippen LogP contribution < -0.4 is 14.8 Å². The second-order valence-corrected chi connectivity index (χ2v) is 5.81. The van der Waals surface area contributed by atoms with E-state index in [1.54, 1.807) is 0 Å². The molecular weight excluding hydrogens is 266 g/mol. The van der Waals surface area contributed by atoms with Gasteiger partial charge in [0.1, 0.15) is 13.2 Å². The molecule has 1 aromatic carbocycles. The molecule has 0 bridgehead atoms. The lowest BCUT2D eigenvalue weighted by Gasteiger charge is -2.32. The molecular formula is C17H25NO3. The summed E-state index contributed by atoms with van der Waals surface area (Å²) < 4.78 is 17.0. The molecule has 2 heterocycles. The molecule has 0 spiro atoms. The zero-order valence-electron chi connectivity index (χ0n) is 12.8. The van der Waals surface area contributed by atoms with E-state index in [-0.39, 0.29) is 0 Å². The molecule has 2 aliphatic heterocycles. The maximum Gasteiger partial charge on any atom is 0.161 e. The van der Waals surface area contributed by atoms with Crippen LogP contribution in [0.2, 0.25) is 0 Å². The highest BCUT2D eigenvalue weighted by molar-refractivity contribution is 5.44. The van der Waals surface area contributed by atoms with Crippen molar-refractivity contribution in [1.82, 2.24) is 5.32 Å². The average Bonchev–Trinajstić information content (AvgIpc) is 2.56. The molecule has 1 saturated heterocycles. The van der Waals surface area contributed by atoms with Crippen molar-refractivity contribution in [1.29, 1.82) is 0 Å². The number of rotatable bonds is 5. The number of hydrogen-bond donors (Lipinski definition) is 1. The highest BCUT2D eigenvalue weighted by Gasteiger charge is 2.26. The van der Waals surface area contributed by atoms with E-state index in [9.17, 15) is 0 Å². The first-order valence-electron chi connectivity index (χ1n) is 8.09. The van der Waals surface area contributed by atoms with E-state index in [2.05, 4.69) is 24.4 Å². The third-order valence-corrected chi connectivity index (χ3v) is 4.21. The Morgan fingerprint density at radius 1 is 1.19 bits per heavy atom. The Morgan fingerprint density at radius 2 is 2.05 bits per heavy atom. The maximum absolute atomic E-state index is 5.72. The maximum atomic E-state index is 5.72. The van der Waals surface area contributed by atoms with Crippen molar-refractivity contribution in [3.05, 3.63) is 23.8 Å². The van der Waals surface area contributed by atoms with Crippen molar-refractivity contribution in [3.63, 3.8) is 0 Å². The van der Waals surface area contributed by atoms with Crippen LogP contribution in [0.25, 0.3) is 0 Å². The molecule has 0 amide bonds. The zero-order chi connectivity index (χ0) is 14.5. The Labute approximate surface area is 126 Å². The number of hydrogen-bond acceptors (Lipinski definition) is 4. The van der Waals surface area contributed by atoms with Gasteiger partial charge in [0.15, 0.2) is 11.5 Å². The van der Waals surface area contributed by atoms with Gasteiger partial charge in [-0.05, 0) is 43.5 Å². The molecule has 0 saturated carbocycles. The van der Waals surface area contributed by atoms with E-state index in [0.717, 1.165) is 44.1 Å². The summed E-state index contributed by atoms with van der Waals surface area (Å²) in [5, 5.41) is 3.69. The van der Waals surface area contributed by atoms with Gasteiger partial charge in [-0.15, -0.1) is 0 Å². The minimum atomic E-state index is 0.334. The van der Waals surface area contributed by atoms with Gasteiger partial charge < -0.3 is 19.5 Å². The van der Waals surface area contributed by atoms with Gasteiger partial charge >= 0.3 is 0 Å².